The lowest BCUT2D eigenvalue weighted by Crippen LogP contribution is -2.11. The monoisotopic (exact) mass is 167 g/mol. The van der Waals surface area contributed by atoms with Gasteiger partial charge in [-0.15, -0.1) is 0 Å². The summed E-state index contributed by atoms with van der Waals surface area (Å²) in [4.78, 5) is 3.72. The number of rotatable bonds is 2. The maximum absolute atomic E-state index is 5.34. The molecule has 0 unspecified atom stereocenters. The molecule has 0 bridgehead atoms. The van der Waals surface area contributed by atoms with Crippen molar-refractivity contribution < 1.29 is 9.47 Å². The van der Waals surface area contributed by atoms with Crippen LogP contribution in [0.2, 0.25) is 0 Å². The first-order chi connectivity index (χ1) is 5.74. The van der Waals surface area contributed by atoms with Gasteiger partial charge < -0.3 is 9.47 Å². The van der Waals surface area contributed by atoms with Crippen molar-refractivity contribution in [2.75, 3.05) is 13.2 Å². The third-order valence-electron chi connectivity index (χ3n) is 1.35. The number of aliphatic imine (C=N–C) groups is 1. The van der Waals surface area contributed by atoms with Crippen LogP contribution in [0.5, 0.6) is 0 Å². The van der Waals surface area contributed by atoms with Gasteiger partial charge in [-0.05, 0) is 26.6 Å². The molecule has 0 saturated carbocycles. The summed E-state index contributed by atoms with van der Waals surface area (Å²) in [6.07, 6.45) is 1.89. The molecule has 0 aromatic carbocycles. The highest BCUT2D eigenvalue weighted by Gasteiger charge is 2.11. The second-order valence-corrected chi connectivity index (χ2v) is 2.75. The Balaban J connectivity index is 2.87. The smallest absolute Gasteiger partial charge is 0.256 e. The van der Waals surface area contributed by atoms with Gasteiger partial charge in [0.2, 0.25) is 0 Å². The van der Waals surface area contributed by atoms with Gasteiger partial charge in [-0.25, -0.2) is 4.99 Å². The van der Waals surface area contributed by atoms with Gasteiger partial charge >= 0.3 is 0 Å². The lowest BCUT2D eigenvalue weighted by atomic mass is 10.3. The zero-order chi connectivity index (χ0) is 8.97. The van der Waals surface area contributed by atoms with Crippen molar-refractivity contribution in [2.45, 2.75) is 13.8 Å². The van der Waals surface area contributed by atoms with E-state index in [0.717, 1.165) is 5.57 Å². The van der Waals surface area contributed by atoms with Crippen molar-refractivity contribution in [3.8, 4) is 0 Å². The van der Waals surface area contributed by atoms with Gasteiger partial charge in [0, 0.05) is 0 Å². The highest BCUT2D eigenvalue weighted by Crippen LogP contribution is 2.16. The molecule has 1 aliphatic heterocycles. The van der Waals surface area contributed by atoms with Crippen LogP contribution in [0.3, 0.4) is 0 Å². The number of nitrogens with zero attached hydrogens (tertiary/aromatic N) is 1. The topological polar surface area (TPSA) is 30.8 Å². The maximum Gasteiger partial charge on any atom is 0.256 e. The Morgan fingerprint density at radius 2 is 2.08 bits per heavy atom. The van der Waals surface area contributed by atoms with Gasteiger partial charge in [0.15, 0.2) is 5.76 Å². The van der Waals surface area contributed by atoms with E-state index in [9.17, 15) is 0 Å². The summed E-state index contributed by atoms with van der Waals surface area (Å²) >= 11 is 0. The fraction of sp³-hybridized carbons (Fsp3) is 0.444. The molecule has 0 N–H and O–H groups in total. The molecule has 0 spiro atoms. The highest BCUT2D eigenvalue weighted by molar-refractivity contribution is 5.31. The van der Waals surface area contributed by atoms with Gasteiger partial charge in [0.25, 0.3) is 5.88 Å². The predicted molar refractivity (Wildman–Crippen MR) is 47.9 cm³/mol. The molecule has 0 atom stereocenters. The molecule has 0 radical (unpaired) electrons. The first-order valence-corrected chi connectivity index (χ1v) is 3.85. The van der Waals surface area contributed by atoms with Crippen LogP contribution in [0, 0.1) is 0 Å². The summed E-state index contributed by atoms with van der Waals surface area (Å²) in [5.74, 6) is 1.17. The molecule has 66 valence electrons. The Bertz CT molecular complexity index is 237. The molecule has 12 heavy (non-hydrogen) atoms. The zero-order valence-corrected chi connectivity index (χ0v) is 7.46. The SMILES string of the molecule is C=NC1=C(C=C(C)C)OCCO1. The summed E-state index contributed by atoms with van der Waals surface area (Å²) in [6.45, 7) is 8.51. The van der Waals surface area contributed by atoms with Crippen molar-refractivity contribution in [3.05, 3.63) is 23.3 Å². The van der Waals surface area contributed by atoms with Crippen LogP contribution in [0.25, 0.3) is 0 Å². The van der Waals surface area contributed by atoms with Crippen molar-refractivity contribution in [3.63, 3.8) is 0 Å². The lowest BCUT2D eigenvalue weighted by Gasteiger charge is -2.17. The minimum atomic E-state index is 0.488. The summed E-state index contributed by atoms with van der Waals surface area (Å²) in [6, 6.07) is 0. The molecule has 1 aliphatic rings. The van der Waals surface area contributed by atoms with Crippen LogP contribution in [0.1, 0.15) is 13.8 Å². The van der Waals surface area contributed by atoms with E-state index >= 15 is 0 Å². The Hall–Kier alpha value is -1.25. The van der Waals surface area contributed by atoms with Crippen molar-refractivity contribution in [1.29, 1.82) is 0 Å². The van der Waals surface area contributed by atoms with E-state index in [4.69, 9.17) is 9.47 Å². The van der Waals surface area contributed by atoms with Crippen LogP contribution in [-0.4, -0.2) is 19.9 Å². The largest absolute Gasteiger partial charge is 0.484 e. The minimum absolute atomic E-state index is 0.488. The van der Waals surface area contributed by atoms with Gasteiger partial charge in [-0.1, -0.05) is 5.57 Å². The van der Waals surface area contributed by atoms with Crippen molar-refractivity contribution in [1.82, 2.24) is 0 Å². The fourth-order valence-electron chi connectivity index (χ4n) is 0.912. The summed E-state index contributed by atoms with van der Waals surface area (Å²) < 4.78 is 10.6. The van der Waals surface area contributed by atoms with E-state index in [2.05, 4.69) is 11.7 Å². The van der Waals surface area contributed by atoms with Crippen LogP contribution >= 0.6 is 0 Å². The Morgan fingerprint density at radius 1 is 1.42 bits per heavy atom. The van der Waals surface area contributed by atoms with Gasteiger partial charge in [0.1, 0.15) is 13.2 Å². The molecule has 1 heterocycles. The third-order valence-corrected chi connectivity index (χ3v) is 1.35. The van der Waals surface area contributed by atoms with E-state index < -0.39 is 0 Å². The third kappa shape index (κ3) is 2.12. The molecule has 0 fully saturated rings. The van der Waals surface area contributed by atoms with E-state index in [-0.39, 0.29) is 0 Å². The van der Waals surface area contributed by atoms with Crippen molar-refractivity contribution in [2.24, 2.45) is 4.99 Å². The predicted octanol–water partition coefficient (Wildman–Crippen LogP) is 1.87. The number of hydrogen-bond acceptors (Lipinski definition) is 3. The first kappa shape index (κ1) is 8.84. The molecular formula is C9H13NO2. The average Bonchev–Trinajstić information content (AvgIpc) is 2.04. The molecule has 0 aliphatic carbocycles. The molecule has 0 aromatic heterocycles. The summed E-state index contributed by atoms with van der Waals surface area (Å²) in [5.41, 5.74) is 1.15. The van der Waals surface area contributed by atoms with Crippen molar-refractivity contribution >= 4 is 6.72 Å². The fourth-order valence-corrected chi connectivity index (χ4v) is 0.912. The van der Waals surface area contributed by atoms with Crippen LogP contribution in [-0.2, 0) is 9.47 Å². The van der Waals surface area contributed by atoms with Crippen LogP contribution in [0.15, 0.2) is 28.3 Å². The molecule has 0 saturated heterocycles. The van der Waals surface area contributed by atoms with E-state index in [1.54, 1.807) is 0 Å². The molecular weight excluding hydrogens is 154 g/mol. The van der Waals surface area contributed by atoms with Crippen LogP contribution in [0.4, 0.5) is 0 Å². The Morgan fingerprint density at radius 3 is 2.67 bits per heavy atom. The maximum atomic E-state index is 5.34. The average molecular weight is 167 g/mol. The number of allylic oxidation sites excluding steroid dienone is 2. The Kier molecular flexibility index (Phi) is 2.91. The molecule has 3 heteroatoms. The quantitative estimate of drug-likeness (QED) is 0.588. The van der Waals surface area contributed by atoms with Gasteiger partial charge in [0.05, 0.1) is 0 Å². The lowest BCUT2D eigenvalue weighted by molar-refractivity contribution is 0.0687. The Labute approximate surface area is 72.4 Å². The van der Waals surface area contributed by atoms with Gasteiger partial charge in [-0.3, -0.25) is 0 Å². The van der Waals surface area contributed by atoms with E-state index in [1.165, 1.54) is 0 Å². The zero-order valence-electron chi connectivity index (χ0n) is 7.46. The van der Waals surface area contributed by atoms with E-state index in [0.29, 0.717) is 24.9 Å². The molecule has 0 amide bonds. The first-order valence-electron chi connectivity index (χ1n) is 3.85. The minimum Gasteiger partial charge on any atom is -0.484 e. The van der Waals surface area contributed by atoms with Gasteiger partial charge in [-0.2, -0.15) is 0 Å². The summed E-state index contributed by atoms with van der Waals surface area (Å²) in [5, 5.41) is 0. The normalized spacial score (nSPS) is 16.2. The number of hydrogen-bond donors (Lipinski definition) is 0. The summed E-state index contributed by atoms with van der Waals surface area (Å²) in [7, 11) is 0. The second kappa shape index (κ2) is 3.95. The standard InChI is InChI=1S/C9H13NO2/c1-7(2)6-8-9(10-3)12-5-4-11-8/h6H,3-5H2,1-2H3. The molecule has 0 aromatic rings. The second-order valence-electron chi connectivity index (χ2n) is 2.75. The molecule has 3 nitrogen and oxygen atoms in total. The molecule has 1 rings (SSSR count). The van der Waals surface area contributed by atoms with E-state index in [1.807, 2.05) is 19.9 Å². The highest BCUT2D eigenvalue weighted by atomic mass is 16.6. The number of ether oxygens (including phenoxy) is 2. The van der Waals surface area contributed by atoms with Crippen LogP contribution < -0.4 is 0 Å².